The summed E-state index contributed by atoms with van der Waals surface area (Å²) >= 11 is 5.85. The molecule has 1 atom stereocenters. The van der Waals surface area contributed by atoms with Crippen LogP contribution in [-0.2, 0) is 0 Å². The highest BCUT2D eigenvalue weighted by Gasteiger charge is 2.22. The lowest BCUT2D eigenvalue weighted by Gasteiger charge is -2.32. The summed E-state index contributed by atoms with van der Waals surface area (Å²) in [6.45, 7) is 5.07. The second-order valence-electron chi connectivity index (χ2n) is 4.87. The summed E-state index contributed by atoms with van der Waals surface area (Å²) in [5, 5.41) is 13.1. The number of hydrogen-bond donors (Lipinski definition) is 2. The van der Waals surface area contributed by atoms with Crippen LogP contribution in [0, 0.1) is 0 Å². The molecule has 19 heavy (non-hydrogen) atoms. The summed E-state index contributed by atoms with van der Waals surface area (Å²) in [4.78, 5) is 14.4. The van der Waals surface area contributed by atoms with Crippen LogP contribution in [0.5, 0.6) is 5.75 Å². The van der Waals surface area contributed by atoms with Crippen LogP contribution < -0.4 is 5.32 Å². The fraction of sp³-hybridized carbons (Fsp3) is 0.500. The fourth-order valence-corrected chi connectivity index (χ4v) is 2.59. The largest absolute Gasteiger partial charge is 0.507 e. The van der Waals surface area contributed by atoms with E-state index in [4.69, 9.17) is 11.6 Å². The van der Waals surface area contributed by atoms with Crippen molar-refractivity contribution in [1.29, 1.82) is 0 Å². The minimum Gasteiger partial charge on any atom is -0.507 e. The summed E-state index contributed by atoms with van der Waals surface area (Å²) in [7, 11) is 0. The molecule has 4 nitrogen and oxygen atoms in total. The smallest absolute Gasteiger partial charge is 0.255 e. The number of amides is 1. The average Bonchev–Trinajstić information content (AvgIpc) is 2.41. The van der Waals surface area contributed by atoms with Crippen molar-refractivity contribution in [1.82, 2.24) is 10.2 Å². The Morgan fingerprint density at radius 1 is 1.58 bits per heavy atom. The standard InChI is InChI=1S/C14H19ClN2O2/c1-2-17-7-3-4-11(9-17)16-14(19)12-8-10(15)5-6-13(12)18/h5-6,8,11,18H,2-4,7,9H2,1H3,(H,16,19). The van der Waals surface area contributed by atoms with E-state index in [9.17, 15) is 9.90 Å². The molecule has 1 aromatic rings. The van der Waals surface area contributed by atoms with E-state index in [1.165, 1.54) is 12.1 Å². The van der Waals surface area contributed by atoms with Gasteiger partial charge in [-0.15, -0.1) is 0 Å². The van der Waals surface area contributed by atoms with Crippen molar-refractivity contribution < 1.29 is 9.90 Å². The Bertz CT molecular complexity index is 465. The summed E-state index contributed by atoms with van der Waals surface area (Å²) in [6, 6.07) is 4.63. The van der Waals surface area contributed by atoms with E-state index in [0.717, 1.165) is 32.5 Å². The summed E-state index contributed by atoms with van der Waals surface area (Å²) < 4.78 is 0. The summed E-state index contributed by atoms with van der Waals surface area (Å²) in [6.07, 6.45) is 2.06. The summed E-state index contributed by atoms with van der Waals surface area (Å²) in [5.74, 6) is -0.298. The maximum absolute atomic E-state index is 12.1. The van der Waals surface area contributed by atoms with Gasteiger partial charge in [-0.1, -0.05) is 18.5 Å². The third-order valence-corrected chi connectivity index (χ3v) is 3.73. The molecular weight excluding hydrogens is 264 g/mol. The number of halogens is 1. The van der Waals surface area contributed by atoms with Gasteiger partial charge in [0, 0.05) is 17.6 Å². The Balaban J connectivity index is 2.02. The number of nitrogens with one attached hydrogen (secondary N) is 1. The van der Waals surface area contributed by atoms with Gasteiger partial charge in [-0.3, -0.25) is 4.79 Å². The number of nitrogens with zero attached hydrogens (tertiary/aromatic N) is 1. The van der Waals surface area contributed by atoms with E-state index < -0.39 is 0 Å². The van der Waals surface area contributed by atoms with Crippen LogP contribution in [0.3, 0.4) is 0 Å². The Kier molecular flexibility index (Phi) is 4.66. The van der Waals surface area contributed by atoms with Crippen LogP contribution in [-0.4, -0.2) is 41.6 Å². The van der Waals surface area contributed by atoms with E-state index in [1.54, 1.807) is 6.07 Å². The molecule has 0 aromatic heterocycles. The SMILES string of the molecule is CCN1CCCC(NC(=O)c2cc(Cl)ccc2O)C1. The van der Waals surface area contributed by atoms with Crippen molar-refractivity contribution in [2.75, 3.05) is 19.6 Å². The molecule has 1 aliphatic heterocycles. The monoisotopic (exact) mass is 282 g/mol. The van der Waals surface area contributed by atoms with Crippen LogP contribution in [0.2, 0.25) is 5.02 Å². The quantitative estimate of drug-likeness (QED) is 0.894. The van der Waals surface area contributed by atoms with Crippen LogP contribution in [0.1, 0.15) is 30.1 Å². The lowest BCUT2D eigenvalue weighted by Crippen LogP contribution is -2.47. The molecule has 1 aliphatic rings. The number of likely N-dealkylation sites (tertiary alicyclic amines) is 1. The third kappa shape index (κ3) is 3.61. The fourth-order valence-electron chi connectivity index (χ4n) is 2.41. The molecule has 2 rings (SSSR count). The van der Waals surface area contributed by atoms with Crippen LogP contribution in [0.4, 0.5) is 0 Å². The molecule has 0 bridgehead atoms. The summed E-state index contributed by atoms with van der Waals surface area (Å²) in [5.41, 5.74) is 0.237. The highest BCUT2D eigenvalue weighted by atomic mass is 35.5. The predicted molar refractivity (Wildman–Crippen MR) is 75.7 cm³/mol. The predicted octanol–water partition coefficient (Wildman–Crippen LogP) is 2.26. The molecule has 1 saturated heterocycles. The zero-order chi connectivity index (χ0) is 13.8. The lowest BCUT2D eigenvalue weighted by atomic mass is 10.0. The maximum atomic E-state index is 12.1. The molecule has 0 radical (unpaired) electrons. The van der Waals surface area contributed by atoms with E-state index in [0.29, 0.717) is 5.02 Å². The maximum Gasteiger partial charge on any atom is 0.255 e. The molecule has 0 spiro atoms. The van der Waals surface area contributed by atoms with Crippen LogP contribution >= 0.6 is 11.6 Å². The van der Waals surface area contributed by atoms with Crippen LogP contribution in [0.25, 0.3) is 0 Å². The number of piperidine rings is 1. The first-order valence-corrected chi connectivity index (χ1v) is 6.99. The number of likely N-dealkylation sites (N-methyl/N-ethyl adjacent to an activating group) is 1. The highest BCUT2D eigenvalue weighted by Crippen LogP contribution is 2.21. The molecule has 2 N–H and O–H groups in total. The second-order valence-corrected chi connectivity index (χ2v) is 5.30. The number of aromatic hydroxyl groups is 1. The molecule has 104 valence electrons. The van der Waals surface area contributed by atoms with Gasteiger partial charge >= 0.3 is 0 Å². The number of carbonyl (C=O) groups is 1. The first kappa shape index (κ1) is 14.2. The van der Waals surface area contributed by atoms with Crippen molar-refractivity contribution >= 4 is 17.5 Å². The van der Waals surface area contributed by atoms with Gasteiger partial charge in [0.2, 0.25) is 0 Å². The van der Waals surface area contributed by atoms with E-state index in [-0.39, 0.29) is 23.3 Å². The topological polar surface area (TPSA) is 52.6 Å². The van der Waals surface area contributed by atoms with Gasteiger partial charge < -0.3 is 15.3 Å². The Morgan fingerprint density at radius 3 is 3.11 bits per heavy atom. The molecule has 0 aliphatic carbocycles. The van der Waals surface area contributed by atoms with E-state index >= 15 is 0 Å². The lowest BCUT2D eigenvalue weighted by molar-refractivity contribution is 0.0903. The zero-order valence-corrected chi connectivity index (χ0v) is 11.8. The Labute approximate surface area is 118 Å². The number of rotatable bonds is 3. The first-order valence-electron chi connectivity index (χ1n) is 6.62. The second kappa shape index (κ2) is 6.26. The minimum absolute atomic E-state index is 0.0370. The molecule has 1 fully saturated rings. The van der Waals surface area contributed by atoms with Gasteiger partial charge in [-0.2, -0.15) is 0 Å². The van der Waals surface area contributed by atoms with Gasteiger partial charge in [0.1, 0.15) is 5.75 Å². The Morgan fingerprint density at radius 2 is 2.37 bits per heavy atom. The average molecular weight is 283 g/mol. The van der Waals surface area contributed by atoms with Gasteiger partial charge in [-0.05, 0) is 44.1 Å². The van der Waals surface area contributed by atoms with Gasteiger partial charge in [0.15, 0.2) is 0 Å². The van der Waals surface area contributed by atoms with E-state index in [1.807, 2.05) is 0 Å². The molecule has 1 heterocycles. The molecule has 1 amide bonds. The number of benzene rings is 1. The van der Waals surface area contributed by atoms with Crippen LogP contribution in [0.15, 0.2) is 18.2 Å². The van der Waals surface area contributed by atoms with Crippen molar-refractivity contribution in [3.63, 3.8) is 0 Å². The molecular formula is C14H19ClN2O2. The van der Waals surface area contributed by atoms with Crippen molar-refractivity contribution in [3.8, 4) is 5.75 Å². The first-order chi connectivity index (χ1) is 9.10. The Hall–Kier alpha value is -1.26. The van der Waals surface area contributed by atoms with Gasteiger partial charge in [-0.25, -0.2) is 0 Å². The molecule has 5 heteroatoms. The molecule has 1 aromatic carbocycles. The van der Waals surface area contributed by atoms with Gasteiger partial charge in [0.25, 0.3) is 5.91 Å². The van der Waals surface area contributed by atoms with Gasteiger partial charge in [0.05, 0.1) is 5.56 Å². The van der Waals surface area contributed by atoms with Crippen molar-refractivity contribution in [2.24, 2.45) is 0 Å². The van der Waals surface area contributed by atoms with Crippen molar-refractivity contribution in [3.05, 3.63) is 28.8 Å². The number of carbonyl (C=O) groups excluding carboxylic acids is 1. The molecule has 1 unspecified atom stereocenters. The third-order valence-electron chi connectivity index (χ3n) is 3.49. The van der Waals surface area contributed by atoms with Crippen molar-refractivity contribution in [2.45, 2.75) is 25.8 Å². The normalized spacial score (nSPS) is 20.2. The number of phenols is 1. The number of phenolic OH excluding ortho intramolecular Hbond substituents is 1. The molecule has 0 saturated carbocycles. The minimum atomic E-state index is -0.261. The highest BCUT2D eigenvalue weighted by molar-refractivity contribution is 6.31. The van der Waals surface area contributed by atoms with E-state index in [2.05, 4.69) is 17.1 Å². The number of hydrogen-bond acceptors (Lipinski definition) is 3. The zero-order valence-electron chi connectivity index (χ0n) is 11.0.